The molecule has 0 saturated carbocycles. The molecule has 0 aliphatic carbocycles. The number of hydrogen-bond acceptors (Lipinski definition) is 4. The van der Waals surface area contributed by atoms with E-state index in [4.69, 9.17) is 22.1 Å². The Bertz CT molecular complexity index is 371. The van der Waals surface area contributed by atoms with Crippen molar-refractivity contribution < 1.29 is 9.53 Å². The minimum Gasteiger partial charge on any atom is -0.382 e. The van der Waals surface area contributed by atoms with Crippen molar-refractivity contribution in [2.24, 2.45) is 0 Å². The number of carbonyl (C=O) groups is 1. The quantitative estimate of drug-likeness (QED) is 0.759. The van der Waals surface area contributed by atoms with Crippen molar-refractivity contribution in [3.05, 3.63) is 22.8 Å². The van der Waals surface area contributed by atoms with Crippen LogP contribution in [0.3, 0.4) is 0 Å². The third kappa shape index (κ3) is 3.67. The second kappa shape index (κ2) is 6.30. The van der Waals surface area contributed by atoms with Gasteiger partial charge in [-0.25, -0.2) is 4.98 Å². The van der Waals surface area contributed by atoms with Crippen molar-refractivity contribution in [3.63, 3.8) is 0 Å². The van der Waals surface area contributed by atoms with E-state index in [0.717, 1.165) is 0 Å². The fourth-order valence-corrected chi connectivity index (χ4v) is 1.22. The maximum atomic E-state index is 11.6. The van der Waals surface area contributed by atoms with Gasteiger partial charge in [-0.05, 0) is 13.0 Å². The maximum absolute atomic E-state index is 11.6. The number of rotatable bonds is 5. The van der Waals surface area contributed by atoms with Gasteiger partial charge in [-0.2, -0.15) is 0 Å². The van der Waals surface area contributed by atoms with Gasteiger partial charge in [0.05, 0.1) is 17.2 Å². The lowest BCUT2D eigenvalue weighted by Gasteiger charge is -2.05. The zero-order valence-corrected chi connectivity index (χ0v) is 9.75. The lowest BCUT2D eigenvalue weighted by molar-refractivity contribution is 0.0922. The van der Waals surface area contributed by atoms with E-state index in [-0.39, 0.29) is 16.7 Å². The summed E-state index contributed by atoms with van der Waals surface area (Å²) in [7, 11) is 0. The van der Waals surface area contributed by atoms with Gasteiger partial charge in [0.15, 0.2) is 0 Å². The number of amides is 1. The molecule has 0 aliphatic heterocycles. The van der Waals surface area contributed by atoms with Crippen LogP contribution in [0.1, 0.15) is 17.3 Å². The van der Waals surface area contributed by atoms with Crippen LogP contribution >= 0.6 is 11.6 Å². The summed E-state index contributed by atoms with van der Waals surface area (Å²) in [6, 6.07) is 1.49. The van der Waals surface area contributed by atoms with Crippen LogP contribution in [0, 0.1) is 0 Å². The highest BCUT2D eigenvalue weighted by atomic mass is 35.5. The summed E-state index contributed by atoms with van der Waals surface area (Å²) >= 11 is 5.75. The van der Waals surface area contributed by atoms with Gasteiger partial charge in [0.2, 0.25) is 0 Å². The largest absolute Gasteiger partial charge is 0.382 e. The normalized spacial score (nSPS) is 10.1. The number of hydrogen-bond donors (Lipinski definition) is 2. The second-order valence-corrected chi connectivity index (χ2v) is 3.45. The number of halogens is 1. The topological polar surface area (TPSA) is 77.2 Å². The SMILES string of the molecule is CCOCCNC(=O)c1cnc(N)c(Cl)c1. The minimum absolute atomic E-state index is 0.215. The molecule has 0 aliphatic rings. The molecule has 16 heavy (non-hydrogen) atoms. The summed E-state index contributed by atoms with van der Waals surface area (Å²) in [4.78, 5) is 15.4. The minimum atomic E-state index is -0.242. The van der Waals surface area contributed by atoms with Crippen LogP contribution in [-0.2, 0) is 4.74 Å². The fraction of sp³-hybridized carbons (Fsp3) is 0.400. The zero-order chi connectivity index (χ0) is 12.0. The van der Waals surface area contributed by atoms with Gasteiger partial charge < -0.3 is 15.8 Å². The van der Waals surface area contributed by atoms with Gasteiger partial charge >= 0.3 is 0 Å². The van der Waals surface area contributed by atoms with Crippen LogP contribution in [0.25, 0.3) is 0 Å². The van der Waals surface area contributed by atoms with E-state index < -0.39 is 0 Å². The highest BCUT2D eigenvalue weighted by molar-refractivity contribution is 6.33. The molecule has 6 heteroatoms. The van der Waals surface area contributed by atoms with Gasteiger partial charge in [0.25, 0.3) is 5.91 Å². The van der Waals surface area contributed by atoms with Crippen LogP contribution in [0.4, 0.5) is 5.82 Å². The summed E-state index contributed by atoms with van der Waals surface area (Å²) in [5.74, 6) is -0.0263. The summed E-state index contributed by atoms with van der Waals surface area (Å²) in [5, 5.41) is 2.95. The van der Waals surface area contributed by atoms with Crippen LogP contribution < -0.4 is 11.1 Å². The van der Waals surface area contributed by atoms with E-state index in [0.29, 0.717) is 25.3 Å². The molecule has 0 radical (unpaired) electrons. The Labute approximate surface area is 98.9 Å². The first-order chi connectivity index (χ1) is 7.65. The molecule has 0 atom stereocenters. The molecule has 0 saturated heterocycles. The highest BCUT2D eigenvalue weighted by Crippen LogP contribution is 2.16. The van der Waals surface area contributed by atoms with Crippen LogP contribution in [0.15, 0.2) is 12.3 Å². The van der Waals surface area contributed by atoms with Crippen molar-refractivity contribution in [1.29, 1.82) is 0 Å². The molecule has 0 aromatic carbocycles. The monoisotopic (exact) mass is 243 g/mol. The first-order valence-electron chi connectivity index (χ1n) is 4.92. The molecule has 0 spiro atoms. The van der Waals surface area contributed by atoms with Crippen molar-refractivity contribution in [2.45, 2.75) is 6.92 Å². The number of carbonyl (C=O) groups excluding carboxylic acids is 1. The number of nitrogens with zero attached hydrogens (tertiary/aromatic N) is 1. The first-order valence-corrected chi connectivity index (χ1v) is 5.30. The number of ether oxygens (including phenoxy) is 1. The molecular formula is C10H14ClN3O2. The summed E-state index contributed by atoms with van der Waals surface area (Å²) in [6.07, 6.45) is 1.39. The van der Waals surface area contributed by atoms with Gasteiger partial charge in [-0.3, -0.25) is 4.79 Å². The highest BCUT2D eigenvalue weighted by Gasteiger charge is 2.07. The summed E-state index contributed by atoms with van der Waals surface area (Å²) in [5.41, 5.74) is 5.82. The molecule has 1 aromatic rings. The van der Waals surface area contributed by atoms with Crippen LogP contribution in [0.5, 0.6) is 0 Å². The van der Waals surface area contributed by atoms with Crippen molar-refractivity contribution >= 4 is 23.3 Å². The Kier molecular flexibility index (Phi) is 5.01. The van der Waals surface area contributed by atoms with Crippen molar-refractivity contribution in [1.82, 2.24) is 10.3 Å². The Balaban J connectivity index is 2.50. The van der Waals surface area contributed by atoms with Crippen molar-refractivity contribution in [3.8, 4) is 0 Å². The summed E-state index contributed by atoms with van der Waals surface area (Å²) < 4.78 is 5.09. The average Bonchev–Trinajstić information content (AvgIpc) is 2.28. The fourth-order valence-electron chi connectivity index (χ4n) is 1.06. The standard InChI is InChI=1S/C10H14ClN3O2/c1-2-16-4-3-13-10(15)7-5-8(11)9(12)14-6-7/h5-6H,2-4H2,1H3,(H2,12,14)(H,13,15). The Morgan fingerprint density at radius 3 is 3.06 bits per heavy atom. The smallest absolute Gasteiger partial charge is 0.252 e. The van der Waals surface area contributed by atoms with E-state index >= 15 is 0 Å². The maximum Gasteiger partial charge on any atom is 0.252 e. The molecule has 1 amide bonds. The third-order valence-electron chi connectivity index (χ3n) is 1.87. The van der Waals surface area contributed by atoms with Gasteiger partial charge in [0.1, 0.15) is 5.82 Å². The second-order valence-electron chi connectivity index (χ2n) is 3.04. The molecule has 0 unspecified atom stereocenters. The number of nitrogens with one attached hydrogen (secondary N) is 1. The van der Waals surface area contributed by atoms with Crippen molar-refractivity contribution in [2.75, 3.05) is 25.5 Å². The Morgan fingerprint density at radius 2 is 2.44 bits per heavy atom. The van der Waals surface area contributed by atoms with Crippen LogP contribution in [0.2, 0.25) is 5.02 Å². The van der Waals surface area contributed by atoms with E-state index in [2.05, 4.69) is 10.3 Å². The number of pyridine rings is 1. The van der Waals surface area contributed by atoms with Gasteiger partial charge in [-0.15, -0.1) is 0 Å². The molecule has 1 aromatic heterocycles. The Hall–Kier alpha value is -1.33. The molecular weight excluding hydrogens is 230 g/mol. The molecule has 3 N–H and O–H groups in total. The molecule has 5 nitrogen and oxygen atoms in total. The molecule has 88 valence electrons. The van der Waals surface area contributed by atoms with E-state index in [1.54, 1.807) is 0 Å². The Morgan fingerprint density at radius 1 is 1.69 bits per heavy atom. The third-order valence-corrected chi connectivity index (χ3v) is 2.17. The summed E-state index contributed by atoms with van der Waals surface area (Å²) in [6.45, 7) is 3.46. The lowest BCUT2D eigenvalue weighted by atomic mass is 10.2. The van der Waals surface area contributed by atoms with E-state index in [9.17, 15) is 4.79 Å². The molecule has 0 bridgehead atoms. The van der Waals surface area contributed by atoms with E-state index in [1.807, 2.05) is 6.92 Å². The first kappa shape index (κ1) is 12.7. The zero-order valence-electron chi connectivity index (χ0n) is 9.00. The lowest BCUT2D eigenvalue weighted by Crippen LogP contribution is -2.27. The van der Waals surface area contributed by atoms with Gasteiger partial charge in [0, 0.05) is 19.3 Å². The van der Waals surface area contributed by atoms with E-state index in [1.165, 1.54) is 12.3 Å². The number of nitrogens with two attached hydrogens (primary N) is 1. The molecule has 1 rings (SSSR count). The predicted molar refractivity (Wildman–Crippen MR) is 62.5 cm³/mol. The van der Waals surface area contributed by atoms with Gasteiger partial charge in [-0.1, -0.05) is 11.6 Å². The number of aromatic nitrogens is 1. The molecule has 1 heterocycles. The van der Waals surface area contributed by atoms with Crippen LogP contribution in [-0.4, -0.2) is 30.6 Å². The average molecular weight is 244 g/mol. The predicted octanol–water partition coefficient (Wildman–Crippen LogP) is 1.08. The molecule has 0 fully saturated rings. The number of anilines is 1. The number of nitrogen functional groups attached to an aromatic ring is 1.